The normalized spacial score (nSPS) is 12.4. The summed E-state index contributed by atoms with van der Waals surface area (Å²) in [5.74, 6) is -6.66. The number of ketones is 1. The molecule has 5 aromatic rings. The van der Waals surface area contributed by atoms with Crippen molar-refractivity contribution in [2.45, 2.75) is 121 Å². The topological polar surface area (TPSA) is 353 Å². The van der Waals surface area contributed by atoms with Crippen LogP contribution in [0.3, 0.4) is 0 Å². The van der Waals surface area contributed by atoms with Gasteiger partial charge in [0.1, 0.15) is 34.6 Å². The zero-order chi connectivity index (χ0) is 58.0. The second kappa shape index (κ2) is 32.6. The Balaban J connectivity index is 1.10. The summed E-state index contributed by atoms with van der Waals surface area (Å²) in [7, 11) is 0. The van der Waals surface area contributed by atoms with Crippen LogP contribution in [0.15, 0.2) is 79.0 Å². The van der Waals surface area contributed by atoms with Crippen molar-refractivity contribution in [2.75, 3.05) is 38.3 Å². The number of carbonyl (C=O) groups excluding carboxylic acids is 6. The van der Waals surface area contributed by atoms with Crippen LogP contribution >= 0.6 is 33.9 Å². The average Bonchev–Trinajstić information content (AvgIpc) is 4.12. The van der Waals surface area contributed by atoms with Gasteiger partial charge in [-0.15, -0.1) is 15.3 Å². The van der Waals surface area contributed by atoms with E-state index in [0.29, 0.717) is 79.2 Å². The van der Waals surface area contributed by atoms with Gasteiger partial charge >= 0.3 is 11.9 Å². The number of amides is 5. The lowest BCUT2D eigenvalue weighted by Crippen LogP contribution is -2.51. The highest BCUT2D eigenvalue weighted by Gasteiger charge is 2.33. The predicted octanol–water partition coefficient (Wildman–Crippen LogP) is 4.59. The lowest BCUT2D eigenvalue weighted by atomic mass is 9.73. The van der Waals surface area contributed by atoms with Crippen molar-refractivity contribution in [3.63, 3.8) is 0 Å². The number of phenols is 2. The van der Waals surface area contributed by atoms with E-state index in [1.54, 1.807) is 54.2 Å². The molecule has 0 radical (unpaired) electrons. The van der Waals surface area contributed by atoms with E-state index in [0.717, 1.165) is 8.58 Å². The minimum Gasteiger partial charge on any atom is -0.508 e. The number of aliphatic carboxylic acids is 2. The van der Waals surface area contributed by atoms with Gasteiger partial charge in [-0.25, -0.2) is 9.59 Å². The van der Waals surface area contributed by atoms with Crippen molar-refractivity contribution in [1.29, 1.82) is 0 Å². The summed E-state index contributed by atoms with van der Waals surface area (Å²) in [6.45, 7) is 4.97. The van der Waals surface area contributed by atoms with Gasteiger partial charge in [-0.3, -0.25) is 33.4 Å². The largest absolute Gasteiger partial charge is 0.508 e. The molecule has 2 aromatic heterocycles. The van der Waals surface area contributed by atoms with E-state index in [4.69, 9.17) is 9.47 Å². The lowest BCUT2D eigenvalue weighted by Gasteiger charge is -2.31. The minimum absolute atomic E-state index is 0.0199. The highest BCUT2D eigenvalue weighted by atomic mass is 125. The summed E-state index contributed by atoms with van der Waals surface area (Å²) in [6, 6.07) is 15.2. The smallest absolute Gasteiger partial charge is 0.326 e. The van der Waals surface area contributed by atoms with Crippen LogP contribution in [0.25, 0.3) is 0 Å². The maximum atomic E-state index is 13.5. The number of Topliss-reactive ketones (excluding diaryl/α,β-unsaturated/α-hetero) is 1. The van der Waals surface area contributed by atoms with Crippen molar-refractivity contribution in [1.82, 2.24) is 46.5 Å². The van der Waals surface area contributed by atoms with Crippen LogP contribution in [0.5, 0.6) is 11.5 Å². The highest BCUT2D eigenvalue weighted by Crippen LogP contribution is 2.38. The van der Waals surface area contributed by atoms with Crippen molar-refractivity contribution in [3.05, 3.63) is 110 Å². The SMILES string of the molecule is Cc1nnc(NC(=O)CCCc2cn(CCCC[C@H](NC(=O)C[C@H](NC(=O)C[C@H](NC(=O)CCC(C)(c3ccc(O)cc3)c3ccc(O)cc3)C(=O)O)C(=O)O)C(=O)NCCOCCOCCCC(=O)c3ccc([125I])cc3)nn2)s1. The molecular weight excluding hydrogens is 1170 g/mol. The third-order valence-electron chi connectivity index (χ3n) is 12.7. The van der Waals surface area contributed by atoms with Gasteiger partial charge in [0.05, 0.1) is 38.4 Å². The first-order chi connectivity index (χ1) is 38.3. The summed E-state index contributed by atoms with van der Waals surface area (Å²) >= 11 is 3.45. The molecule has 3 aromatic carbocycles. The van der Waals surface area contributed by atoms with Crippen LogP contribution in [0.4, 0.5) is 5.13 Å². The van der Waals surface area contributed by atoms with Crippen molar-refractivity contribution < 1.29 is 68.3 Å². The lowest BCUT2D eigenvalue weighted by molar-refractivity contribution is -0.145. The second-order valence-electron chi connectivity index (χ2n) is 18.9. The number of hydrogen-bond donors (Lipinski definition) is 9. The van der Waals surface area contributed by atoms with Gasteiger partial charge in [-0.05, 0) is 122 Å². The molecule has 430 valence electrons. The maximum Gasteiger partial charge on any atom is 0.326 e. The minimum atomic E-state index is -1.85. The van der Waals surface area contributed by atoms with Crippen LogP contribution in [0.2, 0.25) is 0 Å². The number of rotatable bonds is 36. The maximum absolute atomic E-state index is 13.5. The van der Waals surface area contributed by atoms with Crippen LogP contribution in [0.1, 0.15) is 110 Å². The first-order valence-corrected chi connectivity index (χ1v) is 27.8. The number of nitrogens with zero attached hydrogens (tertiary/aromatic N) is 5. The molecule has 0 bridgehead atoms. The number of phenolic OH excluding ortho intramolecular Hbond substituents is 2. The molecule has 9 N–H and O–H groups in total. The average molecular weight is 1240 g/mol. The Hall–Kier alpha value is -7.43. The Kier molecular flexibility index (Phi) is 25.8. The Morgan fingerprint density at radius 3 is 1.84 bits per heavy atom. The van der Waals surface area contributed by atoms with Gasteiger partial charge < -0.3 is 56.5 Å². The third-order valence-corrected chi connectivity index (χ3v) is 14.1. The van der Waals surface area contributed by atoms with Gasteiger partial charge in [0.25, 0.3) is 0 Å². The number of nitrogens with one attached hydrogen (secondary N) is 5. The number of benzene rings is 3. The molecule has 0 spiro atoms. The van der Waals surface area contributed by atoms with Crippen LogP contribution < -0.4 is 26.6 Å². The molecule has 26 heteroatoms. The molecule has 3 atom stereocenters. The molecule has 0 aliphatic heterocycles. The first kappa shape index (κ1) is 63.4. The number of hydrogen-bond acceptors (Lipinski definition) is 17. The van der Waals surface area contributed by atoms with E-state index < -0.39 is 71.9 Å². The molecule has 24 nitrogen and oxygen atoms in total. The summed E-state index contributed by atoms with van der Waals surface area (Å²) in [5.41, 5.74) is 1.89. The summed E-state index contributed by atoms with van der Waals surface area (Å²) in [6.07, 6.45) is 3.02. The number of anilines is 1. The number of aromatic hydroxyl groups is 2. The standard InChI is InChI=1S/C54H67IN10O14S/c1-34-61-63-53(80-34)60-46(69)10-5-7-39-33-65(64-62-39)26-4-3-8-42(50(73)56-25-28-79-30-29-78-27-6-9-45(68)35-11-17-38(55)18-12-35)57-48(71)32-44(52(76)77)59-49(72)31-43(51(74)75)58-47(70)23-24-54(2,36-13-19-40(66)20-14-36)37-15-21-41(67)22-16-37/h11-22,33,42-44,66-67H,3-10,23-32H2,1-2H3,(H,56,73)(H,57,71)(H,58,70)(H,59,72)(H,74,75)(H,76,77)(H,60,63,69)/t42-,43-,44-/m0/s1/i55-2. The van der Waals surface area contributed by atoms with Crippen molar-refractivity contribution in [2.24, 2.45) is 0 Å². The number of halogens is 1. The zero-order valence-corrected chi connectivity index (χ0v) is 47.3. The summed E-state index contributed by atoms with van der Waals surface area (Å²) in [5, 5.41) is 69.5. The number of carboxylic acids is 2. The van der Waals surface area contributed by atoms with E-state index in [9.17, 15) is 58.8 Å². The quantitative estimate of drug-likeness (QED) is 0.0150. The van der Waals surface area contributed by atoms with Gasteiger partial charge in [-0.2, -0.15) is 0 Å². The van der Waals surface area contributed by atoms with E-state index in [2.05, 4.69) is 69.7 Å². The summed E-state index contributed by atoms with van der Waals surface area (Å²) in [4.78, 5) is 103. The number of carboxylic acid groups (broad SMARTS) is 2. The Labute approximate surface area is 479 Å². The van der Waals surface area contributed by atoms with Crippen LogP contribution in [0, 0.1) is 10.5 Å². The van der Waals surface area contributed by atoms with Gasteiger partial charge in [0.2, 0.25) is 34.7 Å². The molecule has 0 fully saturated rings. The first-order valence-electron chi connectivity index (χ1n) is 25.9. The van der Waals surface area contributed by atoms with Gasteiger partial charge in [-0.1, -0.05) is 59.9 Å². The molecular formula is C54H67IN10O14S. The molecule has 0 aliphatic carbocycles. The fourth-order valence-electron chi connectivity index (χ4n) is 8.24. The predicted molar refractivity (Wildman–Crippen MR) is 300 cm³/mol. The molecule has 0 saturated heterocycles. The molecule has 0 unspecified atom stereocenters. The van der Waals surface area contributed by atoms with Crippen LogP contribution in [-0.4, -0.2) is 144 Å². The van der Waals surface area contributed by atoms with E-state index in [1.807, 2.05) is 19.1 Å². The fourth-order valence-corrected chi connectivity index (χ4v) is 9.21. The number of unbranched alkanes of at least 4 members (excludes halogenated alkanes) is 1. The summed E-state index contributed by atoms with van der Waals surface area (Å²) < 4.78 is 13.8. The third kappa shape index (κ3) is 22.0. The molecule has 0 saturated carbocycles. The fraction of sp³-hybridized carbons (Fsp3) is 0.444. The Morgan fingerprint density at radius 1 is 0.662 bits per heavy atom. The molecule has 5 rings (SSSR count). The number of aryl methyl sites for hydroxylation is 3. The van der Waals surface area contributed by atoms with Gasteiger partial charge in [0.15, 0.2) is 5.78 Å². The zero-order valence-electron chi connectivity index (χ0n) is 44.4. The number of ether oxygens (including phenoxy) is 2. The Morgan fingerprint density at radius 2 is 1.25 bits per heavy atom. The van der Waals surface area contributed by atoms with Crippen LogP contribution in [-0.2, 0) is 61.4 Å². The van der Waals surface area contributed by atoms with E-state index in [1.165, 1.54) is 35.6 Å². The molecule has 5 amide bonds. The number of aromatic nitrogens is 5. The van der Waals surface area contributed by atoms with Gasteiger partial charge in [0, 0.05) is 59.7 Å². The Bertz CT molecular complexity index is 2800. The van der Waals surface area contributed by atoms with E-state index in [-0.39, 0.29) is 75.2 Å². The molecule has 2 heterocycles. The molecule has 80 heavy (non-hydrogen) atoms. The van der Waals surface area contributed by atoms with Crippen molar-refractivity contribution >= 4 is 86.3 Å². The van der Waals surface area contributed by atoms with E-state index >= 15 is 0 Å². The second-order valence-corrected chi connectivity index (χ2v) is 21.3. The molecule has 0 aliphatic rings. The van der Waals surface area contributed by atoms with Crippen molar-refractivity contribution in [3.8, 4) is 11.5 Å². The highest BCUT2D eigenvalue weighted by molar-refractivity contribution is 14.1. The monoisotopic (exact) mass is 1240 g/mol. The number of carbonyl (C=O) groups is 8.